The molecule has 2 heterocycles. The van der Waals surface area contributed by atoms with E-state index in [1.807, 2.05) is 25.1 Å². The van der Waals surface area contributed by atoms with Gasteiger partial charge in [-0.2, -0.15) is 0 Å². The second kappa shape index (κ2) is 7.73. The molecule has 4 nitrogen and oxygen atoms in total. The van der Waals surface area contributed by atoms with Crippen molar-refractivity contribution in [1.82, 2.24) is 5.32 Å². The highest BCUT2D eigenvalue weighted by Crippen LogP contribution is 2.32. The van der Waals surface area contributed by atoms with Crippen molar-refractivity contribution in [2.75, 3.05) is 5.32 Å². The molecule has 3 aromatic rings. The van der Waals surface area contributed by atoms with E-state index in [9.17, 15) is 9.18 Å². The number of rotatable bonds is 4. The van der Waals surface area contributed by atoms with Crippen molar-refractivity contribution < 1.29 is 13.6 Å². The number of thioether (sulfide) groups is 1. The maximum Gasteiger partial charge on any atom is 0.260 e. The fraction of sp³-hybridized carbons (Fsp3) is 0.0952. The first-order chi connectivity index (χ1) is 13.5. The van der Waals surface area contributed by atoms with E-state index in [1.54, 1.807) is 30.3 Å². The number of carbonyl (C=O) groups excluding carboxylic acids is 1. The summed E-state index contributed by atoms with van der Waals surface area (Å²) in [5, 5.41) is 6.78. The van der Waals surface area contributed by atoms with Crippen LogP contribution in [0.25, 0.3) is 17.4 Å². The molecule has 7 heteroatoms. The molecular weight excluding hydrogens is 399 g/mol. The third-order valence-corrected chi connectivity index (χ3v) is 5.51. The molecule has 0 saturated carbocycles. The van der Waals surface area contributed by atoms with Crippen LogP contribution in [0.4, 0.5) is 10.1 Å². The van der Waals surface area contributed by atoms with Gasteiger partial charge < -0.3 is 15.1 Å². The van der Waals surface area contributed by atoms with E-state index in [2.05, 4.69) is 10.6 Å². The molecule has 1 aromatic heterocycles. The van der Waals surface area contributed by atoms with Gasteiger partial charge in [0, 0.05) is 22.3 Å². The van der Waals surface area contributed by atoms with Gasteiger partial charge in [0.25, 0.3) is 5.91 Å². The van der Waals surface area contributed by atoms with Crippen molar-refractivity contribution >= 4 is 41.0 Å². The highest BCUT2D eigenvalue weighted by atomic mass is 35.5. The van der Waals surface area contributed by atoms with E-state index in [0.717, 1.165) is 16.8 Å². The first-order valence-corrected chi connectivity index (χ1v) is 9.81. The van der Waals surface area contributed by atoms with E-state index in [0.29, 0.717) is 21.4 Å². The van der Waals surface area contributed by atoms with Gasteiger partial charge in [0.05, 0.1) is 4.91 Å². The van der Waals surface area contributed by atoms with Crippen LogP contribution >= 0.6 is 23.4 Å². The number of amides is 1. The van der Waals surface area contributed by atoms with Crippen LogP contribution in [0.15, 0.2) is 63.9 Å². The lowest BCUT2D eigenvalue weighted by Crippen LogP contribution is -2.31. The molecule has 0 aliphatic carbocycles. The Morgan fingerprint density at radius 1 is 1.18 bits per heavy atom. The van der Waals surface area contributed by atoms with E-state index in [-0.39, 0.29) is 17.2 Å². The van der Waals surface area contributed by atoms with E-state index < -0.39 is 0 Å². The Labute approximate surface area is 170 Å². The molecule has 1 saturated heterocycles. The lowest BCUT2D eigenvalue weighted by Gasteiger charge is -2.15. The van der Waals surface area contributed by atoms with Gasteiger partial charge in [0.1, 0.15) is 17.3 Å². The lowest BCUT2D eigenvalue weighted by atomic mass is 10.2. The van der Waals surface area contributed by atoms with Crippen molar-refractivity contribution in [3.63, 3.8) is 0 Å². The highest BCUT2D eigenvalue weighted by molar-refractivity contribution is 8.05. The molecule has 4 rings (SSSR count). The first-order valence-electron chi connectivity index (χ1n) is 8.55. The molecule has 28 heavy (non-hydrogen) atoms. The third-order valence-electron chi connectivity index (χ3n) is 4.25. The number of hydrogen-bond donors (Lipinski definition) is 2. The van der Waals surface area contributed by atoms with Gasteiger partial charge in [-0.1, -0.05) is 29.4 Å². The predicted octanol–water partition coefficient (Wildman–Crippen LogP) is 5.65. The second-order valence-electron chi connectivity index (χ2n) is 6.29. The summed E-state index contributed by atoms with van der Waals surface area (Å²) in [5.74, 6) is 0.683. The van der Waals surface area contributed by atoms with E-state index in [4.69, 9.17) is 16.0 Å². The molecule has 0 bridgehead atoms. The number of nitrogens with one attached hydrogen (secondary N) is 2. The molecule has 1 unspecified atom stereocenters. The van der Waals surface area contributed by atoms with Crippen LogP contribution in [0.2, 0.25) is 5.02 Å². The molecule has 0 spiro atoms. The molecule has 2 aromatic carbocycles. The Morgan fingerprint density at radius 3 is 2.75 bits per heavy atom. The molecule has 1 aliphatic rings. The van der Waals surface area contributed by atoms with Crippen molar-refractivity contribution in [2.45, 2.75) is 12.4 Å². The molecule has 0 radical (unpaired) electrons. The zero-order chi connectivity index (χ0) is 19.7. The number of aryl methyl sites for hydroxylation is 1. The molecule has 1 atom stereocenters. The van der Waals surface area contributed by atoms with Crippen LogP contribution in [0.5, 0.6) is 0 Å². The number of hydrogen-bond acceptors (Lipinski definition) is 4. The van der Waals surface area contributed by atoms with Gasteiger partial charge >= 0.3 is 0 Å². The van der Waals surface area contributed by atoms with E-state index >= 15 is 0 Å². The highest BCUT2D eigenvalue weighted by Gasteiger charge is 2.27. The summed E-state index contributed by atoms with van der Waals surface area (Å²) in [6, 6.07) is 15.2. The monoisotopic (exact) mass is 414 g/mol. The number of furan rings is 1. The minimum absolute atomic E-state index is 0.179. The second-order valence-corrected chi connectivity index (χ2v) is 7.88. The molecular formula is C21H16ClFN2O2S. The van der Waals surface area contributed by atoms with Gasteiger partial charge in [-0.25, -0.2) is 4.39 Å². The first kappa shape index (κ1) is 18.7. The summed E-state index contributed by atoms with van der Waals surface area (Å²) in [6.07, 6.45) is 1.69. The summed E-state index contributed by atoms with van der Waals surface area (Å²) in [7, 11) is 0. The van der Waals surface area contributed by atoms with Crippen LogP contribution in [0.1, 0.15) is 11.3 Å². The van der Waals surface area contributed by atoms with Gasteiger partial charge in [-0.05, 0) is 61.0 Å². The summed E-state index contributed by atoms with van der Waals surface area (Å²) in [4.78, 5) is 12.8. The zero-order valence-electron chi connectivity index (χ0n) is 14.8. The Hall–Kier alpha value is -2.70. The number of carbonyl (C=O) groups is 1. The zero-order valence-corrected chi connectivity index (χ0v) is 16.4. The minimum Gasteiger partial charge on any atom is -0.457 e. The maximum atomic E-state index is 13.1. The molecule has 2 N–H and O–H groups in total. The SMILES string of the molecule is Cc1ccc(Cl)cc1NC1NC(=O)/C(=C/c2ccc(-c3ccc(F)cc3)o2)S1. The fourth-order valence-electron chi connectivity index (χ4n) is 2.79. The minimum atomic E-state index is -0.303. The van der Waals surface area contributed by atoms with Crippen LogP contribution in [-0.4, -0.2) is 11.4 Å². The third kappa shape index (κ3) is 4.08. The molecule has 142 valence electrons. The Morgan fingerprint density at radius 2 is 1.96 bits per heavy atom. The van der Waals surface area contributed by atoms with Crippen molar-refractivity contribution in [1.29, 1.82) is 0 Å². The summed E-state index contributed by atoms with van der Waals surface area (Å²) in [5.41, 5.74) is 2.36. The largest absolute Gasteiger partial charge is 0.457 e. The Balaban J connectivity index is 1.49. The van der Waals surface area contributed by atoms with Gasteiger partial charge in [0.15, 0.2) is 5.50 Å². The number of halogens is 2. The van der Waals surface area contributed by atoms with E-state index in [1.165, 1.54) is 23.9 Å². The predicted molar refractivity (Wildman–Crippen MR) is 111 cm³/mol. The Bertz CT molecular complexity index is 1060. The number of anilines is 1. The normalized spacial score (nSPS) is 17.8. The Kier molecular flexibility index (Phi) is 5.15. The van der Waals surface area contributed by atoms with Gasteiger partial charge in [-0.15, -0.1) is 0 Å². The van der Waals surface area contributed by atoms with Crippen LogP contribution in [0.3, 0.4) is 0 Å². The topological polar surface area (TPSA) is 54.3 Å². The van der Waals surface area contributed by atoms with Crippen molar-refractivity contribution in [2.24, 2.45) is 0 Å². The standard InChI is InChI=1S/C21H16ClFN2O2S/c1-12-2-5-14(22)10-17(12)24-21-25-20(26)19(28-21)11-16-8-9-18(27-16)13-3-6-15(23)7-4-13/h2-11,21,24H,1H3,(H,25,26)/b19-11-. The van der Waals surface area contributed by atoms with Gasteiger partial charge in [-0.3, -0.25) is 4.79 Å². The average Bonchev–Trinajstić information content (AvgIpc) is 3.26. The van der Waals surface area contributed by atoms with Crippen molar-refractivity contribution in [3.8, 4) is 11.3 Å². The van der Waals surface area contributed by atoms with Crippen LogP contribution in [0, 0.1) is 12.7 Å². The van der Waals surface area contributed by atoms with Crippen LogP contribution < -0.4 is 10.6 Å². The average molecular weight is 415 g/mol. The fourth-order valence-corrected chi connectivity index (χ4v) is 3.91. The molecule has 1 amide bonds. The van der Waals surface area contributed by atoms with Crippen LogP contribution in [-0.2, 0) is 4.79 Å². The maximum absolute atomic E-state index is 13.1. The molecule has 1 aliphatic heterocycles. The summed E-state index contributed by atoms with van der Waals surface area (Å²) >= 11 is 7.42. The quantitative estimate of drug-likeness (QED) is 0.542. The van der Waals surface area contributed by atoms with Gasteiger partial charge in [0.2, 0.25) is 0 Å². The summed E-state index contributed by atoms with van der Waals surface area (Å²) in [6.45, 7) is 1.97. The smallest absolute Gasteiger partial charge is 0.260 e. The van der Waals surface area contributed by atoms with Crippen molar-refractivity contribution in [3.05, 3.63) is 81.7 Å². The molecule has 1 fully saturated rings. The lowest BCUT2D eigenvalue weighted by molar-refractivity contribution is -0.116. The summed E-state index contributed by atoms with van der Waals surface area (Å²) < 4.78 is 18.8. The number of benzene rings is 2.